The first-order valence-electron chi connectivity index (χ1n) is 10.5. The second-order valence-corrected chi connectivity index (χ2v) is 8.25. The Bertz CT molecular complexity index is 1380. The van der Waals surface area contributed by atoms with Crippen molar-refractivity contribution in [1.82, 2.24) is 29.9 Å². The summed E-state index contributed by atoms with van der Waals surface area (Å²) < 4.78 is 20.1. The van der Waals surface area contributed by atoms with Gasteiger partial charge in [-0.1, -0.05) is 12.1 Å². The zero-order valence-corrected chi connectivity index (χ0v) is 17.3. The van der Waals surface area contributed by atoms with Crippen molar-refractivity contribution in [3.8, 4) is 5.69 Å². The zero-order chi connectivity index (χ0) is 21.8. The molecule has 4 aromatic rings. The molecular formula is C23H19FN6O2. The summed E-state index contributed by atoms with van der Waals surface area (Å²) >= 11 is 0. The lowest BCUT2D eigenvalue weighted by molar-refractivity contribution is 0.0780. The molecule has 8 nitrogen and oxygen atoms in total. The maximum atomic E-state index is 14.7. The third-order valence-electron chi connectivity index (χ3n) is 6.28. The van der Waals surface area contributed by atoms with E-state index < -0.39 is 5.82 Å². The number of allylic oxidation sites excluding steroid dienone is 1. The van der Waals surface area contributed by atoms with Crippen molar-refractivity contribution in [2.75, 3.05) is 13.1 Å². The lowest BCUT2D eigenvalue weighted by Crippen LogP contribution is -2.31. The molecule has 0 radical (unpaired) electrons. The predicted octanol–water partition coefficient (Wildman–Crippen LogP) is 3.43. The number of furan rings is 1. The van der Waals surface area contributed by atoms with E-state index in [-0.39, 0.29) is 23.3 Å². The summed E-state index contributed by atoms with van der Waals surface area (Å²) in [7, 11) is 0. The molecular weight excluding hydrogens is 411 g/mol. The van der Waals surface area contributed by atoms with Gasteiger partial charge in [0.25, 0.3) is 5.91 Å². The maximum absolute atomic E-state index is 14.7. The van der Waals surface area contributed by atoms with Gasteiger partial charge >= 0.3 is 0 Å². The van der Waals surface area contributed by atoms with Gasteiger partial charge in [0.1, 0.15) is 22.6 Å². The number of hydrogen-bond donors (Lipinski definition) is 0. The molecule has 0 saturated carbocycles. The van der Waals surface area contributed by atoms with Gasteiger partial charge in [-0.15, -0.1) is 0 Å². The average Bonchev–Trinajstić information content (AvgIpc) is 3.56. The molecule has 3 aromatic heterocycles. The Balaban J connectivity index is 1.27. The molecule has 0 N–H and O–H groups in total. The minimum Gasteiger partial charge on any atom is -0.461 e. The molecule has 9 heteroatoms. The van der Waals surface area contributed by atoms with E-state index in [1.165, 1.54) is 23.3 Å². The van der Waals surface area contributed by atoms with E-state index in [0.29, 0.717) is 30.2 Å². The number of halogens is 1. The number of carbonyl (C=O) groups excluding carboxylic acids is 1. The number of aromatic nitrogens is 5. The molecule has 160 valence electrons. The topological polar surface area (TPSA) is 89.9 Å². The number of likely N-dealkylation sites (tertiary alicyclic amines) is 1. The molecule has 4 heterocycles. The van der Waals surface area contributed by atoms with Gasteiger partial charge in [0, 0.05) is 19.2 Å². The van der Waals surface area contributed by atoms with E-state index in [4.69, 9.17) is 4.42 Å². The smallest absolute Gasteiger partial charge is 0.259 e. The fourth-order valence-electron chi connectivity index (χ4n) is 4.78. The number of hydrogen-bond acceptors (Lipinski definition) is 6. The molecule has 1 aliphatic carbocycles. The number of carbonyl (C=O) groups is 1. The molecule has 2 aliphatic rings. The van der Waals surface area contributed by atoms with Gasteiger partial charge < -0.3 is 9.32 Å². The van der Waals surface area contributed by atoms with Crippen LogP contribution in [-0.4, -0.2) is 48.9 Å². The van der Waals surface area contributed by atoms with Gasteiger partial charge in [-0.05, 0) is 42.9 Å². The number of aryl methyl sites for hydroxylation is 1. The first-order valence-corrected chi connectivity index (χ1v) is 10.5. The Kier molecular flexibility index (Phi) is 4.17. The molecule has 32 heavy (non-hydrogen) atoms. The minimum atomic E-state index is -0.574. The van der Waals surface area contributed by atoms with Crippen molar-refractivity contribution in [3.63, 3.8) is 0 Å². The van der Waals surface area contributed by atoms with Crippen LogP contribution in [-0.2, 0) is 0 Å². The highest BCUT2D eigenvalue weighted by atomic mass is 19.1. The number of fused-ring (bicyclic) bond motifs is 2. The van der Waals surface area contributed by atoms with Crippen LogP contribution in [0.1, 0.15) is 28.3 Å². The largest absolute Gasteiger partial charge is 0.461 e. The molecule has 2 atom stereocenters. The third kappa shape index (κ3) is 2.92. The number of amides is 1. The molecule has 1 fully saturated rings. The lowest BCUT2D eigenvalue weighted by Gasteiger charge is -2.19. The second-order valence-electron chi connectivity index (χ2n) is 8.25. The summed E-state index contributed by atoms with van der Waals surface area (Å²) in [4.78, 5) is 25.5. The Labute approximate surface area is 182 Å². The second kappa shape index (κ2) is 7.08. The minimum absolute atomic E-state index is 0.00255. The first-order chi connectivity index (χ1) is 15.6. The highest BCUT2D eigenvalue weighted by Crippen LogP contribution is 2.41. The first kappa shape index (κ1) is 18.9. The van der Waals surface area contributed by atoms with Gasteiger partial charge in [0.15, 0.2) is 11.4 Å². The third-order valence-corrected chi connectivity index (χ3v) is 6.28. The Morgan fingerprint density at radius 3 is 2.81 bits per heavy atom. The van der Waals surface area contributed by atoms with Crippen molar-refractivity contribution in [3.05, 3.63) is 71.9 Å². The molecule has 0 bridgehead atoms. The van der Waals surface area contributed by atoms with Crippen LogP contribution in [0.5, 0.6) is 0 Å². The summed E-state index contributed by atoms with van der Waals surface area (Å²) in [6, 6.07) is 6.33. The highest BCUT2D eigenvalue weighted by Gasteiger charge is 2.40. The van der Waals surface area contributed by atoms with E-state index >= 15 is 0 Å². The number of nitrogens with zero attached hydrogens (tertiary/aromatic N) is 6. The van der Waals surface area contributed by atoms with E-state index in [9.17, 15) is 9.18 Å². The van der Waals surface area contributed by atoms with Crippen molar-refractivity contribution in [2.45, 2.75) is 13.3 Å². The quantitative estimate of drug-likeness (QED) is 0.495. The summed E-state index contributed by atoms with van der Waals surface area (Å²) in [6.07, 6.45) is 7.55. The molecule has 0 spiro atoms. The van der Waals surface area contributed by atoms with Crippen LogP contribution in [0.15, 0.2) is 53.4 Å². The SMILES string of the molecule is Cc1nc(C2=CC3CN(C(=O)c4c(F)cccc4-n4nccn4)CC3C2)nc2ccoc12. The van der Waals surface area contributed by atoms with Crippen molar-refractivity contribution >= 4 is 22.6 Å². The fourth-order valence-corrected chi connectivity index (χ4v) is 4.78. The van der Waals surface area contributed by atoms with Gasteiger partial charge in [0.2, 0.25) is 0 Å². The van der Waals surface area contributed by atoms with Crippen LogP contribution < -0.4 is 0 Å². The standard InChI is InChI=1S/C23H19FN6O2/c1-13-21-18(5-8-32-21)28-22(27-13)14-9-15-11-29(12-16(15)10-14)23(31)20-17(24)3-2-4-19(20)30-25-6-7-26-30/h2-9,15-16H,10-12H2,1H3. The average molecular weight is 430 g/mol. The highest BCUT2D eigenvalue weighted by molar-refractivity contribution is 5.98. The van der Waals surface area contributed by atoms with Crippen LogP contribution >= 0.6 is 0 Å². The Hall–Kier alpha value is -3.88. The molecule has 6 rings (SSSR count). The fraction of sp³-hybridized carbons (Fsp3) is 0.261. The van der Waals surface area contributed by atoms with Gasteiger partial charge in [-0.25, -0.2) is 14.4 Å². The van der Waals surface area contributed by atoms with Crippen LogP contribution in [0.4, 0.5) is 4.39 Å². The molecule has 1 aliphatic heterocycles. The Morgan fingerprint density at radius 2 is 2.00 bits per heavy atom. The van der Waals surface area contributed by atoms with E-state index in [1.54, 1.807) is 23.3 Å². The molecule has 2 unspecified atom stereocenters. The van der Waals surface area contributed by atoms with Crippen LogP contribution in [0.3, 0.4) is 0 Å². The molecule has 1 saturated heterocycles. The summed E-state index contributed by atoms with van der Waals surface area (Å²) in [5, 5.41) is 8.12. The summed E-state index contributed by atoms with van der Waals surface area (Å²) in [6.45, 7) is 2.99. The van der Waals surface area contributed by atoms with Gasteiger partial charge in [-0.2, -0.15) is 15.0 Å². The van der Waals surface area contributed by atoms with Gasteiger partial charge in [0.05, 0.1) is 24.4 Å². The van der Waals surface area contributed by atoms with E-state index in [1.807, 2.05) is 13.0 Å². The van der Waals surface area contributed by atoms with Crippen LogP contribution in [0, 0.1) is 24.6 Å². The predicted molar refractivity (Wildman–Crippen MR) is 113 cm³/mol. The monoisotopic (exact) mass is 430 g/mol. The van der Waals surface area contributed by atoms with Crippen LogP contribution in [0.25, 0.3) is 22.4 Å². The summed E-state index contributed by atoms with van der Waals surface area (Å²) in [5.74, 6) is 0.249. The lowest BCUT2D eigenvalue weighted by atomic mass is 10.00. The van der Waals surface area contributed by atoms with Crippen molar-refractivity contribution in [1.29, 1.82) is 0 Å². The van der Waals surface area contributed by atoms with Crippen LogP contribution in [0.2, 0.25) is 0 Å². The number of benzene rings is 1. The zero-order valence-electron chi connectivity index (χ0n) is 17.3. The molecule has 1 amide bonds. The summed E-state index contributed by atoms with van der Waals surface area (Å²) in [5.41, 5.74) is 3.73. The normalized spacial score (nSPS) is 20.1. The van der Waals surface area contributed by atoms with Gasteiger partial charge in [-0.3, -0.25) is 4.79 Å². The maximum Gasteiger partial charge on any atom is 0.259 e. The Morgan fingerprint density at radius 1 is 1.16 bits per heavy atom. The number of rotatable bonds is 3. The van der Waals surface area contributed by atoms with E-state index in [0.717, 1.165) is 23.2 Å². The van der Waals surface area contributed by atoms with Crippen molar-refractivity contribution in [2.24, 2.45) is 11.8 Å². The van der Waals surface area contributed by atoms with Crippen molar-refractivity contribution < 1.29 is 13.6 Å². The van der Waals surface area contributed by atoms with E-state index in [2.05, 4.69) is 26.2 Å². The molecule has 1 aromatic carbocycles.